The summed E-state index contributed by atoms with van der Waals surface area (Å²) in [5, 5.41) is 0. The lowest BCUT2D eigenvalue weighted by Gasteiger charge is -2.21. The SMILES string of the molecule is CCc1ccc(NS(=O)(=O)c2ccc(F)cc2CCCCN2CCCC2C)c(C(=O)OC)c1OC. The molecular weight excluding hydrogens is 471 g/mol. The maximum atomic E-state index is 14.1. The number of anilines is 1. The minimum absolute atomic E-state index is 0.00122. The molecule has 0 bridgehead atoms. The van der Waals surface area contributed by atoms with Crippen LogP contribution < -0.4 is 9.46 Å². The van der Waals surface area contributed by atoms with Gasteiger partial charge in [-0.1, -0.05) is 13.0 Å². The predicted molar refractivity (Wildman–Crippen MR) is 134 cm³/mol. The Morgan fingerprint density at radius 1 is 1.17 bits per heavy atom. The van der Waals surface area contributed by atoms with E-state index < -0.39 is 21.8 Å². The van der Waals surface area contributed by atoms with Crippen LogP contribution in [0, 0.1) is 5.82 Å². The second-order valence-electron chi connectivity index (χ2n) is 8.87. The molecule has 1 heterocycles. The van der Waals surface area contributed by atoms with Crippen molar-refractivity contribution in [1.82, 2.24) is 4.90 Å². The number of methoxy groups -OCH3 is 2. The summed E-state index contributed by atoms with van der Waals surface area (Å²) >= 11 is 0. The maximum Gasteiger partial charge on any atom is 0.343 e. The van der Waals surface area contributed by atoms with Crippen LogP contribution in [0.4, 0.5) is 10.1 Å². The molecule has 9 heteroatoms. The highest BCUT2D eigenvalue weighted by molar-refractivity contribution is 7.92. The van der Waals surface area contributed by atoms with Gasteiger partial charge in [-0.05, 0) is 93.9 Å². The van der Waals surface area contributed by atoms with E-state index in [9.17, 15) is 17.6 Å². The molecule has 7 nitrogen and oxygen atoms in total. The van der Waals surface area contributed by atoms with E-state index in [2.05, 4.69) is 16.5 Å². The molecule has 1 saturated heterocycles. The van der Waals surface area contributed by atoms with E-state index in [1.807, 2.05) is 6.92 Å². The molecule has 0 amide bonds. The van der Waals surface area contributed by atoms with Gasteiger partial charge in [-0.25, -0.2) is 17.6 Å². The largest absolute Gasteiger partial charge is 0.495 e. The van der Waals surface area contributed by atoms with Crippen molar-refractivity contribution in [2.24, 2.45) is 0 Å². The Hall–Kier alpha value is -2.65. The van der Waals surface area contributed by atoms with E-state index in [1.165, 1.54) is 45.3 Å². The number of benzene rings is 2. The van der Waals surface area contributed by atoms with Crippen molar-refractivity contribution in [2.45, 2.75) is 63.3 Å². The number of unbranched alkanes of at least 4 members (excludes halogenated alkanes) is 1. The number of nitrogens with one attached hydrogen (secondary N) is 1. The Morgan fingerprint density at radius 3 is 2.57 bits per heavy atom. The van der Waals surface area contributed by atoms with E-state index in [4.69, 9.17) is 9.47 Å². The summed E-state index contributed by atoms with van der Waals surface area (Å²) in [7, 11) is -1.48. The zero-order valence-corrected chi connectivity index (χ0v) is 21.7. The van der Waals surface area contributed by atoms with Crippen molar-refractivity contribution in [3.05, 3.63) is 52.8 Å². The lowest BCUT2D eigenvalue weighted by atomic mass is 10.0. The third-order valence-corrected chi connectivity index (χ3v) is 8.07. The van der Waals surface area contributed by atoms with Crippen molar-refractivity contribution < 1.29 is 27.1 Å². The van der Waals surface area contributed by atoms with Gasteiger partial charge in [0.1, 0.15) is 17.1 Å². The van der Waals surface area contributed by atoms with Crippen LogP contribution in [0.25, 0.3) is 0 Å². The number of sulfonamides is 1. The van der Waals surface area contributed by atoms with Gasteiger partial charge in [0.2, 0.25) is 0 Å². The zero-order chi connectivity index (χ0) is 25.6. The normalized spacial score (nSPS) is 16.3. The molecule has 1 aliphatic heterocycles. The molecule has 0 saturated carbocycles. The molecule has 1 aliphatic rings. The number of esters is 1. The molecule has 0 spiro atoms. The molecule has 0 aromatic heterocycles. The summed E-state index contributed by atoms with van der Waals surface area (Å²) in [4.78, 5) is 15.0. The molecule has 0 aliphatic carbocycles. The molecule has 192 valence electrons. The molecular formula is C26H35FN2O5S. The maximum absolute atomic E-state index is 14.1. The number of ether oxygens (including phenoxy) is 2. The topological polar surface area (TPSA) is 84.9 Å². The number of rotatable bonds is 11. The highest BCUT2D eigenvalue weighted by atomic mass is 32.2. The van der Waals surface area contributed by atoms with Gasteiger partial charge in [0, 0.05) is 6.04 Å². The number of aryl methyl sites for hydroxylation is 2. The fourth-order valence-corrected chi connectivity index (χ4v) is 6.01. The number of nitrogens with zero attached hydrogens (tertiary/aromatic N) is 1. The van der Waals surface area contributed by atoms with Crippen LogP contribution in [-0.4, -0.2) is 52.6 Å². The first-order valence-corrected chi connectivity index (χ1v) is 13.5. The molecule has 35 heavy (non-hydrogen) atoms. The average Bonchev–Trinajstić information content (AvgIpc) is 3.25. The summed E-state index contributed by atoms with van der Waals surface area (Å²) in [5.41, 5.74) is 1.19. The Balaban J connectivity index is 1.85. The van der Waals surface area contributed by atoms with Gasteiger partial charge in [0.15, 0.2) is 0 Å². The van der Waals surface area contributed by atoms with Crippen LogP contribution in [0.5, 0.6) is 5.75 Å². The molecule has 1 unspecified atom stereocenters. The Labute approximate surface area is 207 Å². The molecule has 1 atom stereocenters. The Bertz CT molecular complexity index is 1150. The Morgan fingerprint density at radius 2 is 1.94 bits per heavy atom. The summed E-state index contributed by atoms with van der Waals surface area (Å²) in [5.74, 6) is -0.948. The summed E-state index contributed by atoms with van der Waals surface area (Å²) in [6.07, 6.45) is 5.06. The summed E-state index contributed by atoms with van der Waals surface area (Å²) in [6, 6.07) is 7.47. The van der Waals surface area contributed by atoms with Gasteiger partial charge in [0.25, 0.3) is 10.0 Å². The number of carbonyl (C=O) groups is 1. The highest BCUT2D eigenvalue weighted by Gasteiger charge is 2.26. The van der Waals surface area contributed by atoms with Gasteiger partial charge in [-0.2, -0.15) is 0 Å². The monoisotopic (exact) mass is 506 g/mol. The average molecular weight is 507 g/mol. The first-order chi connectivity index (χ1) is 16.7. The second-order valence-corrected chi connectivity index (χ2v) is 10.5. The molecule has 1 fully saturated rings. The lowest BCUT2D eigenvalue weighted by Crippen LogP contribution is -2.27. The van der Waals surface area contributed by atoms with E-state index in [0.717, 1.165) is 37.6 Å². The lowest BCUT2D eigenvalue weighted by molar-refractivity contribution is 0.0598. The van der Waals surface area contributed by atoms with Crippen LogP contribution in [0.3, 0.4) is 0 Å². The van der Waals surface area contributed by atoms with E-state index in [1.54, 1.807) is 6.07 Å². The molecule has 3 rings (SSSR count). The van der Waals surface area contributed by atoms with Crippen LogP contribution in [0.2, 0.25) is 0 Å². The standard InChI is InChI=1S/C26H35FN2O5S/c1-5-19-11-13-22(24(25(19)33-3)26(30)34-4)28-35(31,32)23-14-12-21(27)17-20(23)10-6-7-15-29-16-8-9-18(29)2/h11-14,17-18,28H,5-10,15-16H2,1-4H3. The first kappa shape index (κ1) is 26.9. The van der Waals surface area contributed by atoms with Crippen molar-refractivity contribution in [3.8, 4) is 5.75 Å². The number of halogens is 1. The van der Waals surface area contributed by atoms with E-state index in [-0.39, 0.29) is 21.9 Å². The molecule has 2 aromatic carbocycles. The van der Waals surface area contributed by atoms with Crippen molar-refractivity contribution >= 4 is 21.7 Å². The number of likely N-dealkylation sites (tertiary alicyclic amines) is 1. The smallest absolute Gasteiger partial charge is 0.343 e. The van der Waals surface area contributed by atoms with Gasteiger partial charge in [0.05, 0.1) is 24.8 Å². The van der Waals surface area contributed by atoms with Crippen LogP contribution in [0.1, 0.15) is 61.0 Å². The van der Waals surface area contributed by atoms with E-state index >= 15 is 0 Å². The molecule has 2 aromatic rings. The second kappa shape index (κ2) is 11.9. The van der Waals surface area contributed by atoms with Gasteiger partial charge in [-0.3, -0.25) is 4.72 Å². The summed E-state index contributed by atoms with van der Waals surface area (Å²) in [6.45, 7) is 6.16. The van der Waals surface area contributed by atoms with Crippen LogP contribution >= 0.6 is 0 Å². The van der Waals surface area contributed by atoms with Crippen molar-refractivity contribution in [2.75, 3.05) is 32.0 Å². The predicted octanol–water partition coefficient (Wildman–Crippen LogP) is 4.79. The zero-order valence-electron chi connectivity index (χ0n) is 20.9. The van der Waals surface area contributed by atoms with Gasteiger partial charge in [-0.15, -0.1) is 0 Å². The minimum atomic E-state index is -4.12. The number of hydrogen-bond acceptors (Lipinski definition) is 6. The quantitative estimate of drug-likeness (QED) is 0.348. The van der Waals surface area contributed by atoms with Gasteiger partial charge >= 0.3 is 5.97 Å². The molecule has 1 N–H and O–H groups in total. The number of hydrogen-bond donors (Lipinski definition) is 1. The Kier molecular flexibility index (Phi) is 9.13. The fraction of sp³-hybridized carbons (Fsp3) is 0.500. The van der Waals surface area contributed by atoms with Crippen molar-refractivity contribution in [3.63, 3.8) is 0 Å². The van der Waals surface area contributed by atoms with E-state index in [0.29, 0.717) is 24.4 Å². The first-order valence-electron chi connectivity index (χ1n) is 12.0. The fourth-order valence-electron chi connectivity index (χ4n) is 4.69. The summed E-state index contributed by atoms with van der Waals surface area (Å²) < 4.78 is 53.7. The third-order valence-electron chi connectivity index (χ3n) is 6.60. The van der Waals surface area contributed by atoms with Crippen LogP contribution in [0.15, 0.2) is 35.2 Å². The highest BCUT2D eigenvalue weighted by Crippen LogP contribution is 2.34. The molecule has 0 radical (unpaired) electrons. The minimum Gasteiger partial charge on any atom is -0.495 e. The number of carbonyl (C=O) groups excluding carboxylic acids is 1. The third kappa shape index (κ3) is 6.32. The van der Waals surface area contributed by atoms with Crippen LogP contribution in [-0.2, 0) is 27.6 Å². The van der Waals surface area contributed by atoms with Gasteiger partial charge < -0.3 is 14.4 Å². The van der Waals surface area contributed by atoms with Crippen molar-refractivity contribution in [1.29, 1.82) is 0 Å².